The molecule has 0 radical (unpaired) electrons. The monoisotopic (exact) mass is 294 g/mol. The number of hydrogen-bond acceptors (Lipinski definition) is 4. The molecular formula is C15H26N4O2. The largest absolute Gasteiger partial charge is 0.395 e. The summed E-state index contributed by atoms with van der Waals surface area (Å²) in [5, 5.41) is 4.33. The van der Waals surface area contributed by atoms with Crippen molar-refractivity contribution >= 4 is 11.6 Å². The van der Waals surface area contributed by atoms with Crippen molar-refractivity contribution in [2.75, 3.05) is 25.4 Å². The quantitative estimate of drug-likeness (QED) is 0.899. The molecule has 1 aromatic heterocycles. The van der Waals surface area contributed by atoms with Crippen LogP contribution in [0.3, 0.4) is 0 Å². The highest BCUT2D eigenvalue weighted by Gasteiger charge is 2.29. The Morgan fingerprint density at radius 3 is 2.90 bits per heavy atom. The summed E-state index contributed by atoms with van der Waals surface area (Å²) in [7, 11) is 0. The van der Waals surface area contributed by atoms with E-state index in [1.54, 1.807) is 4.68 Å². The molecule has 1 unspecified atom stereocenters. The number of carbonyl (C=O) groups excluding carboxylic acids is 1. The lowest BCUT2D eigenvalue weighted by molar-refractivity contribution is 0.00176. The average molecular weight is 294 g/mol. The first-order chi connectivity index (χ1) is 10.1. The third-order valence-corrected chi connectivity index (χ3v) is 3.90. The molecule has 6 nitrogen and oxygen atoms in total. The van der Waals surface area contributed by atoms with E-state index in [-0.39, 0.29) is 12.0 Å². The Kier molecular flexibility index (Phi) is 5.22. The van der Waals surface area contributed by atoms with E-state index in [4.69, 9.17) is 10.5 Å². The summed E-state index contributed by atoms with van der Waals surface area (Å²) in [4.78, 5) is 14.6. The van der Waals surface area contributed by atoms with Crippen LogP contribution in [0.1, 0.15) is 49.3 Å². The highest BCUT2D eigenvalue weighted by molar-refractivity contribution is 5.98. The Morgan fingerprint density at radius 2 is 2.24 bits per heavy atom. The first-order valence-corrected chi connectivity index (χ1v) is 7.82. The highest BCUT2D eigenvalue weighted by atomic mass is 16.5. The summed E-state index contributed by atoms with van der Waals surface area (Å²) in [6.07, 6.45) is 3.13. The standard InChI is InChI=1S/C15H26N4O2/c1-4-9-21-12-7-6-8-18(10-12)15(20)14-13(16)11(3)17-19(14)5-2/h12H,4-10,16H2,1-3H3. The lowest BCUT2D eigenvalue weighted by atomic mass is 10.1. The number of nitrogen functional groups attached to an aromatic ring is 1. The third kappa shape index (κ3) is 3.37. The normalized spacial score (nSPS) is 19.0. The van der Waals surface area contributed by atoms with Gasteiger partial charge in [0.2, 0.25) is 0 Å². The Hall–Kier alpha value is -1.56. The van der Waals surface area contributed by atoms with Gasteiger partial charge in [0.05, 0.1) is 17.5 Å². The van der Waals surface area contributed by atoms with Crippen LogP contribution >= 0.6 is 0 Å². The van der Waals surface area contributed by atoms with E-state index in [0.717, 1.165) is 38.1 Å². The molecule has 0 aliphatic carbocycles. The fourth-order valence-corrected chi connectivity index (χ4v) is 2.74. The molecule has 0 bridgehead atoms. The minimum atomic E-state index is -0.0280. The number of likely N-dealkylation sites (tertiary alicyclic amines) is 1. The summed E-state index contributed by atoms with van der Waals surface area (Å²) in [5.74, 6) is -0.0280. The van der Waals surface area contributed by atoms with Gasteiger partial charge < -0.3 is 15.4 Å². The number of nitrogens with two attached hydrogens (primary N) is 1. The van der Waals surface area contributed by atoms with Crippen LogP contribution in [0, 0.1) is 6.92 Å². The lowest BCUT2D eigenvalue weighted by Crippen LogP contribution is -2.44. The van der Waals surface area contributed by atoms with Crippen LogP contribution in [-0.4, -0.2) is 46.4 Å². The van der Waals surface area contributed by atoms with E-state index in [0.29, 0.717) is 24.5 Å². The molecule has 2 N–H and O–H groups in total. The molecule has 1 amide bonds. The van der Waals surface area contributed by atoms with Gasteiger partial charge in [-0.3, -0.25) is 9.48 Å². The van der Waals surface area contributed by atoms with Crippen molar-refractivity contribution in [1.82, 2.24) is 14.7 Å². The molecule has 6 heteroatoms. The van der Waals surface area contributed by atoms with Gasteiger partial charge in [0.15, 0.2) is 0 Å². The number of nitrogens with zero attached hydrogens (tertiary/aromatic N) is 3. The Balaban J connectivity index is 2.12. The third-order valence-electron chi connectivity index (χ3n) is 3.90. The fourth-order valence-electron chi connectivity index (χ4n) is 2.74. The van der Waals surface area contributed by atoms with Gasteiger partial charge in [-0.25, -0.2) is 0 Å². The van der Waals surface area contributed by atoms with E-state index in [1.807, 2.05) is 18.7 Å². The first-order valence-electron chi connectivity index (χ1n) is 7.82. The van der Waals surface area contributed by atoms with Gasteiger partial charge >= 0.3 is 0 Å². The van der Waals surface area contributed by atoms with E-state index in [2.05, 4.69) is 12.0 Å². The molecule has 1 aliphatic heterocycles. The van der Waals surface area contributed by atoms with E-state index >= 15 is 0 Å². The smallest absolute Gasteiger partial charge is 0.274 e. The molecule has 0 spiro atoms. The summed E-state index contributed by atoms with van der Waals surface area (Å²) < 4.78 is 7.49. The van der Waals surface area contributed by atoms with Gasteiger partial charge in [0.25, 0.3) is 5.91 Å². The zero-order chi connectivity index (χ0) is 15.4. The molecule has 21 heavy (non-hydrogen) atoms. The van der Waals surface area contributed by atoms with Crippen LogP contribution in [0.5, 0.6) is 0 Å². The second-order valence-electron chi connectivity index (χ2n) is 5.55. The molecule has 1 aliphatic rings. The second-order valence-corrected chi connectivity index (χ2v) is 5.55. The number of piperidine rings is 1. The predicted molar refractivity (Wildman–Crippen MR) is 82.2 cm³/mol. The van der Waals surface area contributed by atoms with Crippen LogP contribution < -0.4 is 5.73 Å². The van der Waals surface area contributed by atoms with Crippen LogP contribution in [0.25, 0.3) is 0 Å². The number of amides is 1. The zero-order valence-electron chi connectivity index (χ0n) is 13.3. The number of aryl methyl sites for hydroxylation is 2. The zero-order valence-corrected chi connectivity index (χ0v) is 13.3. The highest BCUT2D eigenvalue weighted by Crippen LogP contribution is 2.21. The fraction of sp³-hybridized carbons (Fsp3) is 0.733. The SMILES string of the molecule is CCCOC1CCCN(C(=O)c2c(N)c(C)nn2CC)C1. The Morgan fingerprint density at radius 1 is 1.48 bits per heavy atom. The van der Waals surface area contributed by atoms with Crippen molar-refractivity contribution in [2.45, 2.75) is 52.7 Å². The van der Waals surface area contributed by atoms with Crippen LogP contribution in [-0.2, 0) is 11.3 Å². The molecule has 2 heterocycles. The van der Waals surface area contributed by atoms with Gasteiger partial charge in [0.1, 0.15) is 5.69 Å². The van der Waals surface area contributed by atoms with E-state index in [1.165, 1.54) is 0 Å². The maximum Gasteiger partial charge on any atom is 0.274 e. The minimum Gasteiger partial charge on any atom is -0.395 e. The molecule has 0 saturated carbocycles. The molecule has 118 valence electrons. The maximum absolute atomic E-state index is 12.8. The Labute approximate surface area is 126 Å². The maximum atomic E-state index is 12.8. The number of hydrogen-bond donors (Lipinski definition) is 1. The van der Waals surface area contributed by atoms with Gasteiger partial charge in [0, 0.05) is 26.2 Å². The van der Waals surface area contributed by atoms with E-state index in [9.17, 15) is 4.79 Å². The summed E-state index contributed by atoms with van der Waals surface area (Å²) in [6.45, 7) is 8.69. The van der Waals surface area contributed by atoms with Crippen LogP contribution in [0.4, 0.5) is 5.69 Å². The molecule has 1 atom stereocenters. The molecule has 0 aromatic carbocycles. The summed E-state index contributed by atoms with van der Waals surface area (Å²) in [5.41, 5.74) is 7.78. The number of carbonyl (C=O) groups is 1. The Bertz CT molecular complexity index is 498. The van der Waals surface area contributed by atoms with Crippen LogP contribution in [0.2, 0.25) is 0 Å². The van der Waals surface area contributed by atoms with Crippen molar-refractivity contribution in [2.24, 2.45) is 0 Å². The van der Waals surface area contributed by atoms with Gasteiger partial charge in [-0.1, -0.05) is 6.92 Å². The van der Waals surface area contributed by atoms with Crippen molar-refractivity contribution in [3.8, 4) is 0 Å². The number of aromatic nitrogens is 2. The predicted octanol–water partition coefficient (Wildman–Crippen LogP) is 1.82. The van der Waals surface area contributed by atoms with E-state index < -0.39 is 0 Å². The topological polar surface area (TPSA) is 73.4 Å². The number of rotatable bonds is 5. The number of ether oxygens (including phenoxy) is 1. The summed E-state index contributed by atoms with van der Waals surface area (Å²) in [6, 6.07) is 0. The van der Waals surface area contributed by atoms with Crippen molar-refractivity contribution in [1.29, 1.82) is 0 Å². The first kappa shape index (κ1) is 15.8. The lowest BCUT2D eigenvalue weighted by Gasteiger charge is -2.32. The second kappa shape index (κ2) is 6.93. The van der Waals surface area contributed by atoms with Crippen molar-refractivity contribution in [3.63, 3.8) is 0 Å². The molecule has 1 fully saturated rings. The van der Waals surface area contributed by atoms with Gasteiger partial charge in [-0.05, 0) is 33.1 Å². The summed E-state index contributed by atoms with van der Waals surface area (Å²) >= 11 is 0. The van der Waals surface area contributed by atoms with Gasteiger partial charge in [-0.15, -0.1) is 0 Å². The number of anilines is 1. The van der Waals surface area contributed by atoms with Crippen molar-refractivity contribution in [3.05, 3.63) is 11.4 Å². The molecule has 2 rings (SSSR count). The molecular weight excluding hydrogens is 268 g/mol. The van der Waals surface area contributed by atoms with Crippen LogP contribution in [0.15, 0.2) is 0 Å². The van der Waals surface area contributed by atoms with Crippen molar-refractivity contribution < 1.29 is 9.53 Å². The van der Waals surface area contributed by atoms with Gasteiger partial charge in [-0.2, -0.15) is 5.10 Å². The molecule has 1 saturated heterocycles. The minimum absolute atomic E-state index is 0.0280. The average Bonchev–Trinajstić information content (AvgIpc) is 2.79. The molecule has 1 aromatic rings.